The number of halogens is 3. The van der Waals surface area contributed by atoms with Crippen molar-refractivity contribution < 1.29 is 4.42 Å². The summed E-state index contributed by atoms with van der Waals surface area (Å²) in [5, 5.41) is 0. The Morgan fingerprint density at radius 2 is 1.79 bits per heavy atom. The molecule has 2 aromatic heterocycles. The van der Waals surface area contributed by atoms with Gasteiger partial charge in [-0.15, -0.1) is 0 Å². The Hall–Kier alpha value is -1.10. The lowest BCUT2D eigenvalue weighted by atomic mass is 10.4. The fourth-order valence-corrected chi connectivity index (χ4v) is 1.66. The molecule has 0 aliphatic rings. The van der Waals surface area contributed by atoms with Crippen molar-refractivity contribution in [1.29, 1.82) is 0 Å². The molecule has 7 heteroatoms. The number of alkyl halides is 3. The monoisotopic (exact) mass is 317 g/mol. The Labute approximate surface area is 125 Å². The van der Waals surface area contributed by atoms with Crippen molar-refractivity contribution in [2.75, 3.05) is 0 Å². The largest absolute Gasteiger partial charge is 0.462 e. The zero-order chi connectivity index (χ0) is 14.0. The number of aryl methyl sites for hydroxylation is 2. The maximum atomic E-state index is 5.76. The smallest absolute Gasteiger partial charge is 0.250 e. The van der Waals surface area contributed by atoms with Crippen LogP contribution in [0.15, 0.2) is 16.5 Å². The summed E-state index contributed by atoms with van der Waals surface area (Å²) in [5.74, 6) is 2.51. The van der Waals surface area contributed by atoms with Crippen LogP contribution >= 0.6 is 34.8 Å². The molecule has 100 valence electrons. The fraction of sp³-hybridized carbons (Fsp3) is 0.250. The third-order valence-corrected chi connectivity index (χ3v) is 2.68. The molecular weight excluding hydrogens is 309 g/mol. The van der Waals surface area contributed by atoms with Gasteiger partial charge in [0.15, 0.2) is 11.6 Å². The molecule has 0 amide bonds. The van der Waals surface area contributed by atoms with Crippen LogP contribution in [-0.4, -0.2) is 15.0 Å². The lowest BCUT2D eigenvalue weighted by Gasteiger charge is -2.09. The first kappa shape index (κ1) is 14.3. The molecule has 0 aliphatic carbocycles. The normalized spacial score (nSPS) is 12.3. The van der Waals surface area contributed by atoms with Crippen molar-refractivity contribution in [3.05, 3.63) is 41.1 Å². The van der Waals surface area contributed by atoms with E-state index in [9.17, 15) is 0 Å². The number of rotatable bonds is 2. The average Bonchev–Trinajstić information content (AvgIpc) is 2.71. The molecule has 2 heterocycles. The molecule has 0 saturated heterocycles. The van der Waals surface area contributed by atoms with E-state index in [0.717, 1.165) is 5.76 Å². The zero-order valence-electron chi connectivity index (χ0n) is 10.2. The Morgan fingerprint density at radius 3 is 2.37 bits per heavy atom. The van der Waals surface area contributed by atoms with E-state index in [1.54, 1.807) is 19.1 Å². The predicted molar refractivity (Wildman–Crippen MR) is 76.2 cm³/mol. The van der Waals surface area contributed by atoms with Gasteiger partial charge in [-0.1, -0.05) is 34.8 Å². The second-order valence-electron chi connectivity index (χ2n) is 3.84. The third-order valence-electron chi connectivity index (χ3n) is 2.18. The number of aromatic nitrogens is 3. The lowest BCUT2D eigenvalue weighted by molar-refractivity contribution is 0.525. The Bertz CT molecular complexity index is 617. The van der Waals surface area contributed by atoms with E-state index >= 15 is 0 Å². The first-order valence-electron chi connectivity index (χ1n) is 5.39. The van der Waals surface area contributed by atoms with Crippen molar-refractivity contribution in [1.82, 2.24) is 15.0 Å². The molecule has 0 aromatic carbocycles. The summed E-state index contributed by atoms with van der Waals surface area (Å²) in [6.07, 6.45) is 3.41. The zero-order valence-corrected chi connectivity index (χ0v) is 12.5. The van der Waals surface area contributed by atoms with Crippen molar-refractivity contribution in [2.45, 2.75) is 17.6 Å². The summed E-state index contributed by atoms with van der Waals surface area (Å²) in [7, 11) is 0. The molecule has 2 aromatic rings. The number of hydrogen-bond donors (Lipinski definition) is 0. The first-order valence-corrected chi connectivity index (χ1v) is 6.52. The standard InChI is InChI=1S/C12H10Cl3N3O/c1-7-3-4-9(19-7)5-6-10-16-8(2)17-11(18-10)12(13,14)15/h3-6H,1-2H3/b6-5+. The van der Waals surface area contributed by atoms with E-state index in [2.05, 4.69) is 15.0 Å². The van der Waals surface area contributed by atoms with Crippen molar-refractivity contribution in [3.8, 4) is 0 Å². The van der Waals surface area contributed by atoms with Crippen LogP contribution in [0.4, 0.5) is 0 Å². The van der Waals surface area contributed by atoms with E-state index in [0.29, 0.717) is 17.4 Å². The second kappa shape index (κ2) is 5.49. The summed E-state index contributed by atoms with van der Waals surface area (Å²) in [6.45, 7) is 3.57. The van der Waals surface area contributed by atoms with E-state index in [1.807, 2.05) is 19.1 Å². The van der Waals surface area contributed by atoms with E-state index in [-0.39, 0.29) is 5.82 Å². The highest BCUT2D eigenvalue weighted by Gasteiger charge is 2.27. The molecule has 0 saturated carbocycles. The van der Waals surface area contributed by atoms with Crippen LogP contribution in [0, 0.1) is 13.8 Å². The van der Waals surface area contributed by atoms with Crippen LogP contribution in [0.1, 0.15) is 29.0 Å². The highest BCUT2D eigenvalue weighted by molar-refractivity contribution is 6.66. The van der Waals surface area contributed by atoms with Gasteiger partial charge in [-0.3, -0.25) is 0 Å². The van der Waals surface area contributed by atoms with Crippen molar-refractivity contribution in [2.24, 2.45) is 0 Å². The van der Waals surface area contributed by atoms with Crippen LogP contribution < -0.4 is 0 Å². The second-order valence-corrected chi connectivity index (χ2v) is 6.13. The fourth-order valence-electron chi connectivity index (χ4n) is 1.40. The highest BCUT2D eigenvalue weighted by Crippen LogP contribution is 2.35. The van der Waals surface area contributed by atoms with E-state index < -0.39 is 3.79 Å². The SMILES string of the molecule is Cc1nc(/C=C/c2ccc(C)o2)nc(C(Cl)(Cl)Cl)n1. The minimum absolute atomic E-state index is 0.0975. The molecule has 0 N–H and O–H groups in total. The van der Waals surface area contributed by atoms with Crippen LogP contribution in [0.2, 0.25) is 0 Å². The third kappa shape index (κ3) is 3.93. The molecule has 0 radical (unpaired) electrons. The molecule has 2 rings (SSSR count). The van der Waals surface area contributed by atoms with Gasteiger partial charge in [-0.05, 0) is 38.1 Å². The van der Waals surface area contributed by atoms with Gasteiger partial charge in [0.25, 0.3) is 0 Å². The minimum atomic E-state index is -1.67. The number of nitrogens with zero attached hydrogens (tertiary/aromatic N) is 3. The quantitative estimate of drug-likeness (QED) is 0.783. The molecular formula is C12H10Cl3N3O. The van der Waals surface area contributed by atoms with Gasteiger partial charge in [0.2, 0.25) is 3.79 Å². The van der Waals surface area contributed by atoms with Gasteiger partial charge >= 0.3 is 0 Å². The topological polar surface area (TPSA) is 51.8 Å². The maximum Gasteiger partial charge on any atom is 0.250 e. The average molecular weight is 319 g/mol. The van der Waals surface area contributed by atoms with Gasteiger partial charge in [-0.2, -0.15) is 0 Å². The first-order chi connectivity index (χ1) is 8.84. The molecule has 0 unspecified atom stereocenters. The summed E-state index contributed by atoms with van der Waals surface area (Å²) in [4.78, 5) is 12.2. The Morgan fingerprint density at radius 1 is 1.05 bits per heavy atom. The van der Waals surface area contributed by atoms with Crippen molar-refractivity contribution >= 4 is 47.0 Å². The number of furan rings is 1. The van der Waals surface area contributed by atoms with Crippen molar-refractivity contribution in [3.63, 3.8) is 0 Å². The van der Waals surface area contributed by atoms with Gasteiger partial charge in [0.05, 0.1) is 0 Å². The molecule has 19 heavy (non-hydrogen) atoms. The molecule has 0 spiro atoms. The van der Waals surface area contributed by atoms with Gasteiger partial charge in [0.1, 0.15) is 17.3 Å². The predicted octanol–water partition coefficient (Wildman–Crippen LogP) is 4.08. The Kier molecular flexibility index (Phi) is 4.13. The maximum absolute atomic E-state index is 5.76. The van der Waals surface area contributed by atoms with E-state index in [4.69, 9.17) is 39.2 Å². The molecule has 4 nitrogen and oxygen atoms in total. The van der Waals surface area contributed by atoms with Crippen LogP contribution in [-0.2, 0) is 3.79 Å². The lowest BCUT2D eigenvalue weighted by Crippen LogP contribution is -2.11. The molecule has 0 fully saturated rings. The van der Waals surface area contributed by atoms with Gasteiger partial charge < -0.3 is 4.42 Å². The highest BCUT2D eigenvalue weighted by atomic mass is 35.6. The van der Waals surface area contributed by atoms with Crippen LogP contribution in [0.25, 0.3) is 12.2 Å². The summed E-state index contributed by atoms with van der Waals surface area (Å²) in [5.41, 5.74) is 0. The van der Waals surface area contributed by atoms with Crippen LogP contribution in [0.3, 0.4) is 0 Å². The summed E-state index contributed by atoms with van der Waals surface area (Å²) >= 11 is 17.3. The van der Waals surface area contributed by atoms with Gasteiger partial charge in [-0.25, -0.2) is 15.0 Å². The van der Waals surface area contributed by atoms with E-state index in [1.165, 1.54) is 0 Å². The van der Waals surface area contributed by atoms with Gasteiger partial charge in [0, 0.05) is 0 Å². The Balaban J connectivity index is 2.30. The van der Waals surface area contributed by atoms with Crippen LogP contribution in [0.5, 0.6) is 0 Å². The molecule has 0 atom stereocenters. The minimum Gasteiger partial charge on any atom is -0.462 e. The molecule has 0 bridgehead atoms. The molecule has 0 aliphatic heterocycles. The number of hydrogen-bond acceptors (Lipinski definition) is 4. The summed E-state index contributed by atoms with van der Waals surface area (Å²) in [6, 6.07) is 3.71. The summed E-state index contributed by atoms with van der Waals surface area (Å²) < 4.78 is 3.73.